The Morgan fingerprint density at radius 3 is 2.39 bits per heavy atom. The fraction of sp³-hybridized carbons (Fsp3) is 0.455. The van der Waals surface area contributed by atoms with E-state index in [1.165, 1.54) is 11.3 Å². The number of rotatable bonds is 4. The molecule has 2 aliphatic rings. The molecule has 2 aliphatic heterocycles. The Bertz CT molecular complexity index is 956. The Morgan fingerprint density at radius 2 is 1.71 bits per heavy atom. The van der Waals surface area contributed by atoms with Crippen LogP contribution in [0.2, 0.25) is 0 Å². The van der Waals surface area contributed by atoms with Crippen molar-refractivity contribution in [2.45, 2.75) is 41.5 Å². The number of likely N-dealkylation sites (tertiary alicyclic amines) is 1. The molecule has 0 radical (unpaired) electrons. The summed E-state index contributed by atoms with van der Waals surface area (Å²) in [6, 6.07) is 12.7. The van der Waals surface area contributed by atoms with E-state index in [9.17, 15) is 8.42 Å². The number of ether oxygens (including phenoxy) is 1. The predicted molar refractivity (Wildman–Crippen MR) is 111 cm³/mol. The van der Waals surface area contributed by atoms with Crippen molar-refractivity contribution >= 4 is 15.5 Å². The van der Waals surface area contributed by atoms with Crippen LogP contribution in [0, 0.1) is 0 Å². The summed E-state index contributed by atoms with van der Waals surface area (Å²) in [6.45, 7) is 5.45. The van der Waals surface area contributed by atoms with Gasteiger partial charge in [0.05, 0.1) is 16.9 Å². The first kappa shape index (κ1) is 19.3. The molecule has 2 atom stereocenters. The van der Waals surface area contributed by atoms with E-state index in [0.29, 0.717) is 27.5 Å². The van der Waals surface area contributed by atoms with Crippen LogP contribution >= 0.6 is 0 Å². The molecule has 0 unspecified atom stereocenters. The number of likely N-dealkylation sites (N-methyl/N-ethyl adjacent to an activating group) is 1. The van der Waals surface area contributed by atoms with Gasteiger partial charge in [0.2, 0.25) is 9.84 Å². The van der Waals surface area contributed by atoms with Gasteiger partial charge in [0.1, 0.15) is 5.75 Å². The SMILES string of the molecule is CCN1CC[C@@H]2c3cc(S(=O)(=O)c4ccc(OC)cc4)ccc3N(C)[C@H]2CC1. The highest BCUT2D eigenvalue weighted by molar-refractivity contribution is 7.91. The lowest BCUT2D eigenvalue weighted by atomic mass is 9.91. The predicted octanol–water partition coefficient (Wildman–Crippen LogP) is 3.55. The topological polar surface area (TPSA) is 49.9 Å². The second-order valence-electron chi connectivity index (χ2n) is 7.70. The molecule has 1 saturated heterocycles. The number of sulfone groups is 1. The third kappa shape index (κ3) is 3.18. The molecule has 2 aromatic rings. The molecular weight excluding hydrogens is 372 g/mol. The van der Waals surface area contributed by atoms with E-state index in [-0.39, 0.29) is 0 Å². The standard InChI is InChI=1S/C22H28N2O3S/c1-4-24-13-11-19-20-15-18(9-10-21(20)23(2)22(19)12-14-24)28(25,26)17-7-5-16(27-3)6-8-17/h5-10,15,19,22H,4,11-14H2,1-3H3/t19-,22+/m1/s1. The van der Waals surface area contributed by atoms with Gasteiger partial charge in [-0.25, -0.2) is 8.42 Å². The van der Waals surface area contributed by atoms with Crippen LogP contribution in [0.25, 0.3) is 0 Å². The van der Waals surface area contributed by atoms with Crippen LogP contribution < -0.4 is 9.64 Å². The molecule has 6 heteroatoms. The Morgan fingerprint density at radius 1 is 1.04 bits per heavy atom. The Kier molecular flexibility index (Phi) is 5.10. The van der Waals surface area contributed by atoms with E-state index in [1.54, 1.807) is 37.4 Å². The highest BCUT2D eigenvalue weighted by Crippen LogP contribution is 2.45. The van der Waals surface area contributed by atoms with Gasteiger partial charge in [0.15, 0.2) is 0 Å². The zero-order valence-electron chi connectivity index (χ0n) is 16.8. The molecular formula is C22H28N2O3S. The van der Waals surface area contributed by atoms with Crippen LogP contribution in [0.4, 0.5) is 5.69 Å². The van der Waals surface area contributed by atoms with Crippen LogP contribution in [0.15, 0.2) is 52.3 Å². The quantitative estimate of drug-likeness (QED) is 0.786. The van der Waals surface area contributed by atoms with Crippen molar-refractivity contribution in [1.82, 2.24) is 4.90 Å². The van der Waals surface area contributed by atoms with E-state index in [0.717, 1.165) is 32.5 Å². The van der Waals surface area contributed by atoms with Crippen LogP contribution in [-0.2, 0) is 9.84 Å². The van der Waals surface area contributed by atoms with Gasteiger partial charge in [-0.1, -0.05) is 6.92 Å². The van der Waals surface area contributed by atoms with E-state index in [2.05, 4.69) is 23.8 Å². The number of anilines is 1. The first-order valence-electron chi connectivity index (χ1n) is 9.94. The summed E-state index contributed by atoms with van der Waals surface area (Å²) in [7, 11) is 0.164. The molecule has 0 N–H and O–H groups in total. The van der Waals surface area contributed by atoms with Gasteiger partial charge >= 0.3 is 0 Å². The lowest BCUT2D eigenvalue weighted by Crippen LogP contribution is -2.31. The van der Waals surface area contributed by atoms with Crippen molar-refractivity contribution in [3.8, 4) is 5.75 Å². The molecule has 1 fully saturated rings. The average Bonchev–Trinajstić information content (AvgIpc) is 2.86. The Labute approximate surface area is 167 Å². The molecule has 4 rings (SSSR count). The number of fused-ring (bicyclic) bond motifs is 3. The third-order valence-corrected chi connectivity index (χ3v) is 8.13. The van der Waals surface area contributed by atoms with Gasteiger partial charge in [-0.05, 0) is 74.0 Å². The minimum absolute atomic E-state index is 0.300. The van der Waals surface area contributed by atoms with Crippen LogP contribution in [-0.4, -0.2) is 53.2 Å². The molecule has 28 heavy (non-hydrogen) atoms. The van der Waals surface area contributed by atoms with Crippen molar-refractivity contribution < 1.29 is 13.2 Å². The van der Waals surface area contributed by atoms with Crippen LogP contribution in [0.5, 0.6) is 5.75 Å². The van der Waals surface area contributed by atoms with Crippen molar-refractivity contribution in [1.29, 1.82) is 0 Å². The monoisotopic (exact) mass is 400 g/mol. The molecule has 5 nitrogen and oxygen atoms in total. The van der Waals surface area contributed by atoms with E-state index in [1.807, 2.05) is 12.1 Å². The summed E-state index contributed by atoms with van der Waals surface area (Å²) in [5, 5.41) is 0. The maximum atomic E-state index is 13.2. The van der Waals surface area contributed by atoms with E-state index < -0.39 is 9.84 Å². The summed E-state index contributed by atoms with van der Waals surface area (Å²) < 4.78 is 31.5. The molecule has 150 valence electrons. The minimum Gasteiger partial charge on any atom is -0.497 e. The molecule has 0 aromatic heterocycles. The smallest absolute Gasteiger partial charge is 0.206 e. The maximum Gasteiger partial charge on any atom is 0.206 e. The highest BCUT2D eigenvalue weighted by atomic mass is 32.2. The number of nitrogens with zero attached hydrogens (tertiary/aromatic N) is 2. The van der Waals surface area contributed by atoms with Gasteiger partial charge in [-0.15, -0.1) is 0 Å². The Balaban J connectivity index is 1.70. The third-order valence-electron chi connectivity index (χ3n) is 6.37. The second kappa shape index (κ2) is 7.41. The first-order chi connectivity index (χ1) is 13.5. The highest BCUT2D eigenvalue weighted by Gasteiger charge is 2.38. The van der Waals surface area contributed by atoms with Gasteiger partial charge in [-0.3, -0.25) is 0 Å². The van der Waals surface area contributed by atoms with Gasteiger partial charge in [-0.2, -0.15) is 0 Å². The Hall–Kier alpha value is -2.05. The number of hydrogen-bond acceptors (Lipinski definition) is 5. The first-order valence-corrected chi connectivity index (χ1v) is 11.4. The molecule has 2 heterocycles. The van der Waals surface area contributed by atoms with Crippen molar-refractivity contribution in [3.05, 3.63) is 48.0 Å². The van der Waals surface area contributed by atoms with Gasteiger partial charge < -0.3 is 14.5 Å². The van der Waals surface area contributed by atoms with Crippen molar-refractivity contribution in [2.75, 3.05) is 38.7 Å². The number of benzene rings is 2. The fourth-order valence-electron chi connectivity index (χ4n) is 4.67. The average molecular weight is 401 g/mol. The fourth-order valence-corrected chi connectivity index (χ4v) is 5.97. The zero-order chi connectivity index (χ0) is 19.9. The van der Waals surface area contributed by atoms with E-state index in [4.69, 9.17) is 4.74 Å². The lowest BCUT2D eigenvalue weighted by Gasteiger charge is -2.25. The second-order valence-corrected chi connectivity index (χ2v) is 9.65. The molecule has 0 saturated carbocycles. The lowest BCUT2D eigenvalue weighted by molar-refractivity contribution is 0.298. The van der Waals surface area contributed by atoms with Crippen LogP contribution in [0.3, 0.4) is 0 Å². The molecule has 2 aromatic carbocycles. The number of methoxy groups -OCH3 is 1. The van der Waals surface area contributed by atoms with E-state index >= 15 is 0 Å². The molecule has 0 amide bonds. The molecule has 0 spiro atoms. The number of hydrogen-bond donors (Lipinski definition) is 0. The summed E-state index contributed by atoms with van der Waals surface area (Å²) in [4.78, 5) is 5.52. The summed E-state index contributed by atoms with van der Waals surface area (Å²) in [6.07, 6.45) is 2.19. The van der Waals surface area contributed by atoms with Crippen LogP contribution in [0.1, 0.15) is 31.2 Å². The molecule has 0 aliphatic carbocycles. The van der Waals surface area contributed by atoms with Crippen molar-refractivity contribution in [3.63, 3.8) is 0 Å². The van der Waals surface area contributed by atoms with Crippen molar-refractivity contribution in [2.24, 2.45) is 0 Å². The normalized spacial score (nSPS) is 22.5. The maximum absolute atomic E-state index is 13.2. The zero-order valence-corrected chi connectivity index (χ0v) is 17.6. The molecule has 0 bridgehead atoms. The minimum atomic E-state index is -3.55. The summed E-state index contributed by atoms with van der Waals surface area (Å²) >= 11 is 0. The summed E-state index contributed by atoms with van der Waals surface area (Å²) in [5.41, 5.74) is 2.36. The van der Waals surface area contributed by atoms with Gasteiger partial charge in [0, 0.05) is 31.2 Å². The summed E-state index contributed by atoms with van der Waals surface area (Å²) in [5.74, 6) is 1.04. The largest absolute Gasteiger partial charge is 0.497 e. The van der Waals surface area contributed by atoms with Gasteiger partial charge in [0.25, 0.3) is 0 Å².